The van der Waals surface area contributed by atoms with Crippen LogP contribution < -0.4 is 0 Å². The summed E-state index contributed by atoms with van der Waals surface area (Å²) in [6.45, 7) is 2.25. The van der Waals surface area contributed by atoms with Crippen molar-refractivity contribution in [1.82, 2.24) is 0 Å². The van der Waals surface area contributed by atoms with Gasteiger partial charge in [-0.3, -0.25) is 0 Å². The number of thiophene rings is 1. The van der Waals surface area contributed by atoms with E-state index in [0.29, 0.717) is 5.25 Å². The summed E-state index contributed by atoms with van der Waals surface area (Å²) in [5.74, 6) is 0. The van der Waals surface area contributed by atoms with Crippen molar-refractivity contribution in [2.24, 2.45) is 0 Å². The van der Waals surface area contributed by atoms with Crippen LogP contribution in [0.2, 0.25) is 0 Å². The molecule has 11 heavy (non-hydrogen) atoms. The second-order valence-corrected chi connectivity index (χ2v) is 5.76. The molecule has 1 aromatic heterocycles. The van der Waals surface area contributed by atoms with Gasteiger partial charge in [0.2, 0.25) is 0 Å². The fourth-order valence-electron chi connectivity index (χ4n) is 0.592. The lowest BCUT2D eigenvalue weighted by atomic mass is 10.5. The van der Waals surface area contributed by atoms with Crippen LogP contribution in [0.4, 0.5) is 0 Å². The standard InChI is InChI=1S/C7H9BrOS2/c1-5(3-9)11-7-2-6(8)4-10-7/h2,4-5,9H,3H2,1H3. The van der Waals surface area contributed by atoms with Crippen LogP contribution in [0.25, 0.3) is 0 Å². The Bertz CT molecular complexity index is 224. The third-order valence-corrected chi connectivity index (χ3v) is 4.08. The van der Waals surface area contributed by atoms with Crippen LogP contribution in [-0.2, 0) is 0 Å². The molecule has 0 aromatic carbocycles. The third-order valence-electron chi connectivity index (χ3n) is 1.12. The summed E-state index contributed by atoms with van der Waals surface area (Å²) >= 11 is 6.78. The summed E-state index contributed by atoms with van der Waals surface area (Å²) in [7, 11) is 0. The highest BCUT2D eigenvalue weighted by molar-refractivity contribution is 9.10. The second-order valence-electron chi connectivity index (χ2n) is 2.20. The van der Waals surface area contributed by atoms with Crippen molar-refractivity contribution in [3.8, 4) is 0 Å². The maximum absolute atomic E-state index is 8.77. The molecular weight excluding hydrogens is 244 g/mol. The first-order valence-corrected chi connectivity index (χ1v) is 5.79. The Labute approximate surface area is 83.0 Å². The molecule has 0 aliphatic carbocycles. The predicted octanol–water partition coefficient (Wildman–Crippen LogP) is 2.98. The van der Waals surface area contributed by atoms with E-state index in [-0.39, 0.29) is 6.61 Å². The van der Waals surface area contributed by atoms with Gasteiger partial charge in [0.15, 0.2) is 0 Å². The average molecular weight is 253 g/mol. The molecule has 0 fully saturated rings. The Morgan fingerprint density at radius 2 is 2.55 bits per heavy atom. The predicted molar refractivity (Wildman–Crippen MR) is 54.4 cm³/mol. The van der Waals surface area contributed by atoms with E-state index in [2.05, 4.69) is 22.0 Å². The first-order chi connectivity index (χ1) is 5.22. The highest BCUT2D eigenvalue weighted by atomic mass is 79.9. The van der Waals surface area contributed by atoms with Crippen LogP contribution in [0.5, 0.6) is 0 Å². The maximum atomic E-state index is 8.77. The molecular formula is C7H9BrOS2. The van der Waals surface area contributed by atoms with Gasteiger partial charge in [-0.15, -0.1) is 23.1 Å². The van der Waals surface area contributed by atoms with E-state index < -0.39 is 0 Å². The molecule has 0 amide bonds. The Morgan fingerprint density at radius 1 is 1.82 bits per heavy atom. The number of halogens is 1. The van der Waals surface area contributed by atoms with Crippen LogP contribution in [0, 0.1) is 0 Å². The van der Waals surface area contributed by atoms with Crippen LogP contribution >= 0.6 is 39.0 Å². The largest absolute Gasteiger partial charge is 0.395 e. The number of thioether (sulfide) groups is 1. The van der Waals surface area contributed by atoms with Gasteiger partial charge in [0.1, 0.15) is 0 Å². The quantitative estimate of drug-likeness (QED) is 0.836. The molecule has 4 heteroatoms. The summed E-state index contributed by atoms with van der Waals surface area (Å²) in [5.41, 5.74) is 0. The van der Waals surface area contributed by atoms with Gasteiger partial charge in [-0.25, -0.2) is 0 Å². The number of rotatable bonds is 3. The van der Waals surface area contributed by atoms with Crippen LogP contribution in [0.3, 0.4) is 0 Å². The molecule has 62 valence electrons. The lowest BCUT2D eigenvalue weighted by molar-refractivity contribution is 0.300. The highest BCUT2D eigenvalue weighted by Gasteiger charge is 2.03. The van der Waals surface area contributed by atoms with E-state index in [0.717, 1.165) is 4.47 Å². The van der Waals surface area contributed by atoms with Crippen LogP contribution in [0.15, 0.2) is 20.1 Å². The lowest BCUT2D eigenvalue weighted by Crippen LogP contribution is -2.00. The SMILES string of the molecule is CC(CO)Sc1cc(Br)cs1. The molecule has 1 heterocycles. The van der Waals surface area contributed by atoms with E-state index in [1.807, 2.05) is 12.3 Å². The van der Waals surface area contributed by atoms with Gasteiger partial charge in [-0.05, 0) is 22.0 Å². The van der Waals surface area contributed by atoms with E-state index in [1.54, 1.807) is 23.1 Å². The topological polar surface area (TPSA) is 20.2 Å². The summed E-state index contributed by atoms with van der Waals surface area (Å²) in [5, 5.41) is 11.1. The Kier molecular flexibility index (Phi) is 3.92. The molecule has 0 spiro atoms. The molecule has 0 aliphatic rings. The molecule has 1 atom stereocenters. The van der Waals surface area contributed by atoms with Crippen molar-refractivity contribution in [2.45, 2.75) is 16.4 Å². The molecule has 0 radical (unpaired) electrons. The monoisotopic (exact) mass is 252 g/mol. The molecule has 0 bridgehead atoms. The minimum Gasteiger partial charge on any atom is -0.395 e. The molecule has 0 saturated carbocycles. The minimum atomic E-state index is 0.236. The molecule has 1 N–H and O–H groups in total. The van der Waals surface area contributed by atoms with Crippen molar-refractivity contribution in [2.75, 3.05) is 6.61 Å². The van der Waals surface area contributed by atoms with Gasteiger partial charge < -0.3 is 5.11 Å². The normalized spacial score (nSPS) is 13.4. The Morgan fingerprint density at radius 3 is 3.00 bits per heavy atom. The second kappa shape index (κ2) is 4.50. The fraction of sp³-hybridized carbons (Fsp3) is 0.429. The van der Waals surface area contributed by atoms with Crippen LogP contribution in [-0.4, -0.2) is 17.0 Å². The smallest absolute Gasteiger partial charge is 0.0613 e. The number of aliphatic hydroxyl groups excluding tert-OH is 1. The van der Waals surface area contributed by atoms with Crippen molar-refractivity contribution in [1.29, 1.82) is 0 Å². The van der Waals surface area contributed by atoms with Crippen molar-refractivity contribution < 1.29 is 5.11 Å². The minimum absolute atomic E-state index is 0.236. The summed E-state index contributed by atoms with van der Waals surface area (Å²) < 4.78 is 2.37. The number of hydrogen-bond donors (Lipinski definition) is 1. The van der Waals surface area contributed by atoms with Gasteiger partial charge in [0.25, 0.3) is 0 Å². The molecule has 1 aromatic rings. The number of hydrogen-bond acceptors (Lipinski definition) is 3. The Hall–Kier alpha value is 0.490. The fourth-order valence-corrected chi connectivity index (χ4v) is 3.42. The summed E-state index contributed by atoms with van der Waals surface area (Å²) in [6.07, 6.45) is 0. The zero-order valence-corrected chi connectivity index (χ0v) is 9.30. The molecule has 1 unspecified atom stereocenters. The number of aliphatic hydroxyl groups is 1. The van der Waals surface area contributed by atoms with Crippen molar-refractivity contribution in [3.63, 3.8) is 0 Å². The zero-order chi connectivity index (χ0) is 8.27. The van der Waals surface area contributed by atoms with Crippen LogP contribution in [0.1, 0.15) is 6.92 Å². The van der Waals surface area contributed by atoms with E-state index in [1.165, 1.54) is 4.21 Å². The highest BCUT2D eigenvalue weighted by Crippen LogP contribution is 2.31. The molecule has 1 nitrogen and oxygen atoms in total. The van der Waals surface area contributed by atoms with Gasteiger partial charge in [-0.1, -0.05) is 6.92 Å². The van der Waals surface area contributed by atoms with E-state index >= 15 is 0 Å². The zero-order valence-electron chi connectivity index (χ0n) is 6.08. The van der Waals surface area contributed by atoms with Gasteiger partial charge in [0, 0.05) is 15.1 Å². The Balaban J connectivity index is 2.50. The first kappa shape index (κ1) is 9.58. The third kappa shape index (κ3) is 3.15. The summed E-state index contributed by atoms with van der Waals surface area (Å²) in [4.78, 5) is 0. The summed E-state index contributed by atoms with van der Waals surface area (Å²) in [6, 6.07) is 2.07. The average Bonchev–Trinajstić information content (AvgIpc) is 2.35. The molecule has 1 rings (SSSR count). The van der Waals surface area contributed by atoms with Crippen molar-refractivity contribution in [3.05, 3.63) is 15.9 Å². The van der Waals surface area contributed by atoms with Gasteiger partial charge in [0.05, 0.1) is 10.8 Å². The van der Waals surface area contributed by atoms with Gasteiger partial charge >= 0.3 is 0 Å². The first-order valence-electron chi connectivity index (χ1n) is 3.24. The van der Waals surface area contributed by atoms with E-state index in [9.17, 15) is 0 Å². The van der Waals surface area contributed by atoms with E-state index in [4.69, 9.17) is 5.11 Å². The maximum Gasteiger partial charge on any atom is 0.0613 e. The lowest BCUT2D eigenvalue weighted by Gasteiger charge is -2.03. The molecule has 0 aliphatic heterocycles. The van der Waals surface area contributed by atoms with Crippen molar-refractivity contribution >= 4 is 39.0 Å². The molecule has 0 saturated heterocycles. The van der Waals surface area contributed by atoms with Gasteiger partial charge in [-0.2, -0.15) is 0 Å².